The first-order valence-corrected chi connectivity index (χ1v) is 15.4. The Kier molecular flexibility index (Phi) is 24.1. The zero-order chi connectivity index (χ0) is 28.3. The minimum atomic E-state index is -1.07. The van der Waals surface area contributed by atoms with Gasteiger partial charge in [-0.25, -0.2) is 0 Å². The average molecular weight is 540 g/mol. The lowest BCUT2D eigenvalue weighted by atomic mass is 10.0. The molecule has 0 aromatic carbocycles. The minimum Gasteiger partial charge on any atom is -0.550 e. The highest BCUT2D eigenvalue weighted by atomic mass is 16.4. The molecule has 0 bridgehead atoms. The standard InChI is InChI=1S/C31H57NO6/c1-2-3-4-5-6-7-8-9-10-11-12-13-14-15-16-17-18-25-32(26-19-22-29(33)34,27-20-23-30(35)36)28-21-24-31(37)38/h5-6H,2-4,7-28H2,1H3,(H2-,33,34,35,36,37,38)/b6-5+. The zero-order valence-corrected chi connectivity index (χ0v) is 24.3. The van der Waals surface area contributed by atoms with Gasteiger partial charge in [0.25, 0.3) is 0 Å². The molecule has 0 saturated heterocycles. The summed E-state index contributed by atoms with van der Waals surface area (Å²) >= 11 is 0. The van der Waals surface area contributed by atoms with E-state index in [1.165, 1.54) is 83.5 Å². The van der Waals surface area contributed by atoms with Crippen LogP contribution in [0.2, 0.25) is 0 Å². The number of quaternary nitrogens is 1. The summed E-state index contributed by atoms with van der Waals surface area (Å²) < 4.78 is 0.613. The molecule has 0 rings (SSSR count). The SMILES string of the molecule is CCCC/C=C/CCCCCCCCCCCCC[N+](CCCC(=O)[O-])(CCCC(=O)O)CCCC(=O)O. The molecule has 0 amide bonds. The van der Waals surface area contributed by atoms with E-state index >= 15 is 0 Å². The highest BCUT2D eigenvalue weighted by Crippen LogP contribution is 2.19. The molecule has 0 aromatic rings. The van der Waals surface area contributed by atoms with E-state index in [4.69, 9.17) is 10.2 Å². The topological polar surface area (TPSA) is 115 Å². The fourth-order valence-corrected chi connectivity index (χ4v) is 5.22. The molecule has 0 radical (unpaired) electrons. The third-order valence-corrected chi connectivity index (χ3v) is 7.45. The van der Waals surface area contributed by atoms with Crippen molar-refractivity contribution in [3.8, 4) is 0 Å². The summed E-state index contributed by atoms with van der Waals surface area (Å²) in [6.07, 6.45) is 25.0. The molecule has 2 N–H and O–H groups in total. The summed E-state index contributed by atoms with van der Waals surface area (Å²) in [6.45, 7) is 5.00. The van der Waals surface area contributed by atoms with Crippen LogP contribution in [0, 0.1) is 0 Å². The number of aliphatic carboxylic acids is 3. The summed E-state index contributed by atoms with van der Waals surface area (Å²) in [6, 6.07) is 0. The Morgan fingerprint density at radius 3 is 1.34 bits per heavy atom. The number of carboxylic acids is 3. The number of carboxylic acid groups (broad SMARTS) is 3. The van der Waals surface area contributed by atoms with Crippen molar-refractivity contribution in [1.29, 1.82) is 0 Å². The number of hydrogen-bond donors (Lipinski definition) is 2. The molecule has 222 valence electrons. The van der Waals surface area contributed by atoms with Gasteiger partial charge in [-0.05, 0) is 38.5 Å². The molecule has 0 atom stereocenters. The fraction of sp³-hybridized carbons (Fsp3) is 0.839. The third kappa shape index (κ3) is 24.4. The van der Waals surface area contributed by atoms with Crippen LogP contribution in [0.3, 0.4) is 0 Å². The molecule has 0 aromatic heterocycles. The van der Waals surface area contributed by atoms with Gasteiger partial charge in [-0.15, -0.1) is 0 Å². The van der Waals surface area contributed by atoms with Gasteiger partial charge >= 0.3 is 11.9 Å². The Morgan fingerprint density at radius 1 is 0.553 bits per heavy atom. The number of unbranched alkanes of at least 4 members (excludes halogenated alkanes) is 13. The number of rotatable bonds is 29. The number of allylic oxidation sites excluding steroid dienone is 2. The van der Waals surface area contributed by atoms with Gasteiger partial charge in [-0.3, -0.25) is 9.59 Å². The molecule has 0 aliphatic carbocycles. The van der Waals surface area contributed by atoms with Crippen LogP contribution in [0.25, 0.3) is 0 Å². The Bertz CT molecular complexity index is 584. The molecular formula is C31H57NO6. The van der Waals surface area contributed by atoms with Crippen molar-refractivity contribution in [2.45, 2.75) is 142 Å². The molecular weight excluding hydrogens is 482 g/mol. The van der Waals surface area contributed by atoms with Crippen LogP contribution in [-0.4, -0.2) is 58.8 Å². The Labute approximate surface area is 232 Å². The van der Waals surface area contributed by atoms with Gasteiger partial charge in [0.1, 0.15) is 0 Å². The largest absolute Gasteiger partial charge is 0.550 e. The second-order valence-corrected chi connectivity index (χ2v) is 11.0. The molecule has 0 aliphatic heterocycles. The Morgan fingerprint density at radius 2 is 0.921 bits per heavy atom. The maximum absolute atomic E-state index is 11.0. The molecule has 0 saturated carbocycles. The first-order chi connectivity index (χ1) is 18.3. The molecule has 0 aliphatic rings. The number of carbonyl (C=O) groups is 3. The quantitative estimate of drug-likeness (QED) is 0.0638. The fourth-order valence-electron chi connectivity index (χ4n) is 5.22. The van der Waals surface area contributed by atoms with E-state index in [9.17, 15) is 19.5 Å². The highest BCUT2D eigenvalue weighted by molar-refractivity contribution is 5.66. The first-order valence-electron chi connectivity index (χ1n) is 15.4. The van der Waals surface area contributed by atoms with Gasteiger partial charge in [0.05, 0.1) is 39.0 Å². The number of hydrogen-bond acceptors (Lipinski definition) is 4. The van der Waals surface area contributed by atoms with Crippen molar-refractivity contribution >= 4 is 17.9 Å². The summed E-state index contributed by atoms with van der Waals surface area (Å²) in [5.41, 5.74) is 0. The predicted octanol–water partition coefficient (Wildman–Crippen LogP) is 6.49. The zero-order valence-electron chi connectivity index (χ0n) is 24.3. The molecule has 7 nitrogen and oxygen atoms in total. The molecule has 38 heavy (non-hydrogen) atoms. The molecule has 0 spiro atoms. The molecule has 0 unspecified atom stereocenters. The summed E-state index contributed by atoms with van der Waals surface area (Å²) in [7, 11) is 0. The smallest absolute Gasteiger partial charge is 0.303 e. The Balaban J connectivity index is 4.22. The van der Waals surface area contributed by atoms with Crippen LogP contribution >= 0.6 is 0 Å². The van der Waals surface area contributed by atoms with Crippen molar-refractivity contribution in [2.75, 3.05) is 26.2 Å². The van der Waals surface area contributed by atoms with Gasteiger partial charge in [0, 0.05) is 25.2 Å². The number of nitrogens with zero attached hydrogens (tertiary/aromatic N) is 1. The van der Waals surface area contributed by atoms with E-state index < -0.39 is 17.9 Å². The lowest BCUT2D eigenvalue weighted by molar-refractivity contribution is -0.929. The van der Waals surface area contributed by atoms with E-state index in [1.54, 1.807) is 0 Å². The normalized spacial score (nSPS) is 11.8. The van der Waals surface area contributed by atoms with E-state index in [0.29, 0.717) is 43.4 Å². The van der Waals surface area contributed by atoms with Gasteiger partial charge in [0.2, 0.25) is 0 Å². The van der Waals surface area contributed by atoms with Crippen LogP contribution in [0.1, 0.15) is 142 Å². The van der Waals surface area contributed by atoms with Crippen molar-refractivity contribution in [1.82, 2.24) is 0 Å². The number of carbonyl (C=O) groups excluding carboxylic acids is 1. The maximum Gasteiger partial charge on any atom is 0.303 e. The summed E-state index contributed by atoms with van der Waals surface area (Å²) in [4.78, 5) is 33.0. The van der Waals surface area contributed by atoms with Crippen molar-refractivity contribution in [3.05, 3.63) is 12.2 Å². The van der Waals surface area contributed by atoms with Crippen molar-refractivity contribution in [2.24, 2.45) is 0 Å². The lowest BCUT2D eigenvalue weighted by Gasteiger charge is -2.39. The van der Waals surface area contributed by atoms with E-state index in [1.807, 2.05) is 0 Å². The van der Waals surface area contributed by atoms with Crippen molar-refractivity contribution < 1.29 is 34.2 Å². The van der Waals surface area contributed by atoms with Crippen LogP contribution in [-0.2, 0) is 14.4 Å². The van der Waals surface area contributed by atoms with Gasteiger partial charge in [-0.1, -0.05) is 83.3 Å². The van der Waals surface area contributed by atoms with Crippen molar-refractivity contribution in [3.63, 3.8) is 0 Å². The minimum absolute atomic E-state index is 0.0199. The summed E-state index contributed by atoms with van der Waals surface area (Å²) in [5.74, 6) is -2.74. The molecule has 7 heteroatoms. The van der Waals surface area contributed by atoms with Crippen LogP contribution in [0.15, 0.2) is 12.2 Å². The van der Waals surface area contributed by atoms with Crippen LogP contribution in [0.5, 0.6) is 0 Å². The Hall–Kier alpha value is -1.89. The second kappa shape index (κ2) is 25.4. The maximum atomic E-state index is 11.0. The summed E-state index contributed by atoms with van der Waals surface area (Å²) in [5, 5.41) is 29.1. The monoisotopic (exact) mass is 539 g/mol. The third-order valence-electron chi connectivity index (χ3n) is 7.45. The highest BCUT2D eigenvalue weighted by Gasteiger charge is 2.26. The van der Waals surface area contributed by atoms with Crippen LogP contribution < -0.4 is 5.11 Å². The van der Waals surface area contributed by atoms with E-state index in [0.717, 1.165) is 19.4 Å². The van der Waals surface area contributed by atoms with Gasteiger partial charge in [-0.2, -0.15) is 0 Å². The molecule has 0 fully saturated rings. The first kappa shape index (κ1) is 36.1. The second-order valence-electron chi connectivity index (χ2n) is 11.0. The predicted molar refractivity (Wildman–Crippen MR) is 152 cm³/mol. The average Bonchev–Trinajstić information content (AvgIpc) is 2.85. The van der Waals surface area contributed by atoms with E-state index in [-0.39, 0.29) is 19.3 Å². The van der Waals surface area contributed by atoms with Gasteiger partial charge in [0.15, 0.2) is 0 Å². The van der Waals surface area contributed by atoms with Crippen LogP contribution in [0.4, 0.5) is 0 Å². The van der Waals surface area contributed by atoms with Gasteiger partial charge < -0.3 is 24.6 Å². The van der Waals surface area contributed by atoms with E-state index in [2.05, 4.69) is 19.1 Å². The lowest BCUT2D eigenvalue weighted by Crippen LogP contribution is -2.51. The molecule has 0 heterocycles.